The van der Waals surface area contributed by atoms with Crippen LogP contribution in [0.5, 0.6) is 0 Å². The van der Waals surface area contributed by atoms with E-state index in [0.29, 0.717) is 4.90 Å². The van der Waals surface area contributed by atoms with Crippen molar-refractivity contribution in [3.8, 4) is 6.07 Å². The van der Waals surface area contributed by atoms with Crippen LogP contribution in [0.2, 0.25) is 0 Å². The van der Waals surface area contributed by atoms with Crippen molar-refractivity contribution in [2.45, 2.75) is 37.4 Å². The Kier molecular flexibility index (Phi) is 5.72. The lowest BCUT2D eigenvalue weighted by molar-refractivity contribution is -0.143. The molecule has 0 saturated heterocycles. The molecule has 0 saturated carbocycles. The summed E-state index contributed by atoms with van der Waals surface area (Å²) in [5, 5.41) is 8.92. The highest BCUT2D eigenvalue weighted by Crippen LogP contribution is 2.26. The van der Waals surface area contributed by atoms with Crippen LogP contribution < -0.4 is 4.72 Å². The molecular weight excluding hydrogens is 289 g/mol. The lowest BCUT2D eigenvalue weighted by atomic mass is 10.0. The average molecular weight is 304 g/mol. The van der Waals surface area contributed by atoms with Crippen molar-refractivity contribution in [2.24, 2.45) is 5.92 Å². The van der Waals surface area contributed by atoms with E-state index < -0.39 is 35.5 Å². The van der Waals surface area contributed by atoms with E-state index in [1.165, 1.54) is 6.92 Å². The number of hydrogen-bond acceptors (Lipinski definition) is 2. The minimum Gasteiger partial charge on any atom is -0.237 e. The minimum atomic E-state index is -4.35. The van der Waals surface area contributed by atoms with Crippen molar-refractivity contribution in [3.63, 3.8) is 0 Å². The Morgan fingerprint density at radius 2 is 1.90 bits per heavy atom. The molecule has 0 unspecified atom stereocenters. The van der Waals surface area contributed by atoms with Crippen LogP contribution in [0, 0.1) is 24.2 Å². The van der Waals surface area contributed by atoms with E-state index in [9.17, 15) is 17.4 Å². The third-order valence-corrected chi connectivity index (χ3v) is 3.90. The third-order valence-electron chi connectivity index (χ3n) is 2.73. The summed E-state index contributed by atoms with van der Waals surface area (Å²) in [7, 11) is -1.71. The normalized spacial score (nSPS) is 16.2. The predicted octanol–water partition coefficient (Wildman–Crippen LogP) is 3.09. The van der Waals surface area contributed by atoms with Gasteiger partial charge in [0.05, 0.1) is 11.0 Å². The second kappa shape index (κ2) is 6.86. The standard InChI is InChI=1S/C13H15F3N2OS/c1-9-3-5-11(6-4-9)20(19)18-12(8-17)10(2)7-13(14,15)16/h3-6,10,12,18H,7H2,1-2H3/t10-,12-,20+/m1/s1. The predicted molar refractivity (Wildman–Crippen MR) is 70.0 cm³/mol. The van der Waals surface area contributed by atoms with Crippen molar-refractivity contribution >= 4 is 11.0 Å². The van der Waals surface area contributed by atoms with Crippen LogP contribution in [0.15, 0.2) is 29.2 Å². The van der Waals surface area contributed by atoms with Crippen molar-refractivity contribution < 1.29 is 17.4 Å². The summed E-state index contributed by atoms with van der Waals surface area (Å²) < 4.78 is 51.3. The number of nitriles is 1. The Hall–Kier alpha value is -1.39. The molecular formula is C13H15F3N2OS. The zero-order valence-electron chi connectivity index (χ0n) is 11.1. The van der Waals surface area contributed by atoms with E-state index in [0.717, 1.165) is 5.56 Å². The zero-order chi connectivity index (χ0) is 15.3. The molecule has 20 heavy (non-hydrogen) atoms. The number of aryl methyl sites for hydroxylation is 1. The van der Waals surface area contributed by atoms with Crippen LogP contribution >= 0.6 is 0 Å². The van der Waals surface area contributed by atoms with Crippen LogP contribution in [-0.4, -0.2) is 16.4 Å². The summed E-state index contributed by atoms with van der Waals surface area (Å²) in [6, 6.07) is 7.32. The highest BCUT2D eigenvalue weighted by Gasteiger charge is 2.34. The quantitative estimate of drug-likeness (QED) is 0.909. The van der Waals surface area contributed by atoms with E-state index in [-0.39, 0.29) is 0 Å². The van der Waals surface area contributed by atoms with Gasteiger partial charge in [0.25, 0.3) is 0 Å². The maximum Gasteiger partial charge on any atom is 0.389 e. The molecule has 0 aliphatic heterocycles. The maximum absolute atomic E-state index is 12.3. The van der Waals surface area contributed by atoms with E-state index >= 15 is 0 Å². The van der Waals surface area contributed by atoms with E-state index in [2.05, 4.69) is 4.72 Å². The Labute approximate surface area is 118 Å². The van der Waals surface area contributed by atoms with Crippen LogP contribution in [0.3, 0.4) is 0 Å². The van der Waals surface area contributed by atoms with Crippen LogP contribution in [0.1, 0.15) is 18.9 Å². The average Bonchev–Trinajstić information content (AvgIpc) is 2.34. The molecule has 3 nitrogen and oxygen atoms in total. The second-order valence-corrected chi connectivity index (χ2v) is 5.85. The molecule has 1 N–H and O–H groups in total. The summed E-state index contributed by atoms with van der Waals surface area (Å²) in [4.78, 5) is 0.426. The van der Waals surface area contributed by atoms with Crippen LogP contribution in [-0.2, 0) is 11.0 Å². The van der Waals surface area contributed by atoms with Gasteiger partial charge in [-0.2, -0.15) is 18.4 Å². The molecule has 0 aromatic heterocycles. The summed E-state index contributed by atoms with van der Waals surface area (Å²) in [6.45, 7) is 3.17. The van der Waals surface area contributed by atoms with Crippen molar-refractivity contribution in [3.05, 3.63) is 29.8 Å². The summed E-state index contributed by atoms with van der Waals surface area (Å²) in [6.07, 6.45) is -5.44. The molecule has 0 heterocycles. The fourth-order valence-corrected chi connectivity index (χ4v) is 2.63. The third kappa shape index (κ3) is 5.31. The van der Waals surface area contributed by atoms with E-state index in [1.54, 1.807) is 30.3 Å². The van der Waals surface area contributed by atoms with Gasteiger partial charge in [-0.25, -0.2) is 8.93 Å². The van der Waals surface area contributed by atoms with Gasteiger partial charge in [-0.15, -0.1) is 0 Å². The van der Waals surface area contributed by atoms with Gasteiger partial charge in [-0.1, -0.05) is 24.6 Å². The number of alkyl halides is 3. The number of rotatable bonds is 5. The highest BCUT2D eigenvalue weighted by atomic mass is 32.2. The molecule has 1 aromatic carbocycles. The first kappa shape index (κ1) is 16.7. The molecule has 0 fully saturated rings. The molecule has 110 valence electrons. The van der Waals surface area contributed by atoms with E-state index in [4.69, 9.17) is 5.26 Å². The zero-order valence-corrected chi connectivity index (χ0v) is 11.9. The molecule has 0 aliphatic rings. The fourth-order valence-electron chi connectivity index (χ4n) is 1.60. The Morgan fingerprint density at radius 3 is 2.35 bits per heavy atom. The smallest absolute Gasteiger partial charge is 0.237 e. The SMILES string of the molecule is Cc1ccc([S@](=O)N[C@H](C#N)[C@H](C)CC(F)(F)F)cc1. The largest absolute Gasteiger partial charge is 0.389 e. The van der Waals surface area contributed by atoms with Gasteiger partial charge in [0.2, 0.25) is 0 Å². The van der Waals surface area contributed by atoms with Gasteiger partial charge >= 0.3 is 6.18 Å². The van der Waals surface area contributed by atoms with E-state index in [1.807, 2.05) is 6.92 Å². The summed E-state index contributed by atoms with van der Waals surface area (Å²) >= 11 is 0. The Balaban J connectivity index is 2.71. The number of nitrogens with one attached hydrogen (secondary N) is 1. The van der Waals surface area contributed by atoms with Crippen LogP contribution in [0.4, 0.5) is 13.2 Å². The molecule has 1 aromatic rings. The van der Waals surface area contributed by atoms with Gasteiger partial charge in [0.1, 0.15) is 17.0 Å². The molecule has 0 radical (unpaired) electrons. The first-order valence-electron chi connectivity index (χ1n) is 5.94. The van der Waals surface area contributed by atoms with Crippen molar-refractivity contribution in [1.29, 1.82) is 5.26 Å². The molecule has 3 atom stereocenters. The molecule has 0 spiro atoms. The maximum atomic E-state index is 12.3. The first-order valence-corrected chi connectivity index (χ1v) is 7.09. The minimum absolute atomic E-state index is 0.426. The molecule has 7 heteroatoms. The Morgan fingerprint density at radius 1 is 1.35 bits per heavy atom. The van der Waals surface area contributed by atoms with Gasteiger partial charge < -0.3 is 0 Å². The summed E-state index contributed by atoms with van der Waals surface area (Å²) in [5.74, 6) is -0.977. The Bertz CT molecular complexity index is 508. The number of halogens is 3. The topological polar surface area (TPSA) is 52.9 Å². The van der Waals surface area contributed by atoms with Gasteiger partial charge in [-0.3, -0.25) is 0 Å². The number of nitrogens with zero attached hydrogens (tertiary/aromatic N) is 1. The van der Waals surface area contributed by atoms with Crippen molar-refractivity contribution in [2.75, 3.05) is 0 Å². The lowest BCUT2D eigenvalue weighted by Gasteiger charge is -2.19. The number of hydrogen-bond donors (Lipinski definition) is 1. The summed E-state index contributed by atoms with van der Waals surface area (Å²) in [5.41, 5.74) is 0.980. The first-order chi connectivity index (χ1) is 9.23. The second-order valence-electron chi connectivity index (χ2n) is 4.60. The van der Waals surface area contributed by atoms with Gasteiger partial charge in [0.15, 0.2) is 0 Å². The molecule has 1 rings (SSSR count). The fraction of sp³-hybridized carbons (Fsp3) is 0.462. The lowest BCUT2D eigenvalue weighted by Crippen LogP contribution is -2.37. The molecule has 0 bridgehead atoms. The monoisotopic (exact) mass is 304 g/mol. The van der Waals surface area contributed by atoms with Gasteiger partial charge in [-0.05, 0) is 25.0 Å². The molecule has 0 aliphatic carbocycles. The van der Waals surface area contributed by atoms with Gasteiger partial charge in [0, 0.05) is 6.42 Å². The number of benzene rings is 1. The highest BCUT2D eigenvalue weighted by molar-refractivity contribution is 7.83. The molecule has 0 amide bonds. The van der Waals surface area contributed by atoms with Crippen molar-refractivity contribution in [1.82, 2.24) is 4.72 Å². The van der Waals surface area contributed by atoms with Crippen LogP contribution in [0.25, 0.3) is 0 Å².